The quantitative estimate of drug-likeness (QED) is 0.410. The number of hydrogen-bond donors (Lipinski definition) is 0. The fourth-order valence-electron chi connectivity index (χ4n) is 2.52. The van der Waals surface area contributed by atoms with Gasteiger partial charge in [-0.15, -0.1) is 21.5 Å². The largest absolute Gasteiger partial charge is 0.260 e. The number of hydrogen-bond acceptors (Lipinski definition) is 4. The Bertz CT molecular complexity index is 1020. The first-order chi connectivity index (χ1) is 12.1. The molecule has 0 bridgehead atoms. The zero-order valence-corrected chi connectivity index (χ0v) is 15.6. The van der Waals surface area contributed by atoms with Crippen molar-refractivity contribution < 1.29 is 4.39 Å². The summed E-state index contributed by atoms with van der Waals surface area (Å²) < 4.78 is 16.0. The molecule has 4 aromatic rings. The molecule has 4 rings (SSSR count). The lowest BCUT2D eigenvalue weighted by atomic mass is 10.1. The lowest BCUT2D eigenvalue weighted by Gasteiger charge is -2.06. The van der Waals surface area contributed by atoms with Crippen LogP contribution in [0.4, 0.5) is 4.39 Å². The third-order valence-electron chi connectivity index (χ3n) is 3.88. The molecule has 0 fully saturated rings. The number of rotatable bonds is 4. The Morgan fingerprint density at radius 1 is 1.16 bits per heavy atom. The maximum absolute atomic E-state index is 14.0. The third-order valence-corrected chi connectivity index (χ3v) is 6.00. The van der Waals surface area contributed by atoms with Crippen LogP contribution in [-0.4, -0.2) is 14.6 Å². The molecule has 0 saturated heterocycles. The van der Waals surface area contributed by atoms with Crippen LogP contribution in [0.5, 0.6) is 0 Å². The minimum absolute atomic E-state index is 0.301. The second-order valence-corrected chi connectivity index (χ2v) is 7.76. The summed E-state index contributed by atoms with van der Waals surface area (Å²) in [5.74, 6) is 0.0972. The molecular weight excluding hydrogens is 377 g/mol. The summed E-state index contributed by atoms with van der Waals surface area (Å²) in [5, 5.41) is 11.7. The lowest BCUT2D eigenvalue weighted by Crippen LogP contribution is -1.93. The summed E-state index contributed by atoms with van der Waals surface area (Å²) in [7, 11) is 0. The number of aromatic nitrogens is 3. The monoisotopic (exact) mass is 389 g/mol. The van der Waals surface area contributed by atoms with E-state index in [9.17, 15) is 4.39 Å². The van der Waals surface area contributed by atoms with Gasteiger partial charge in [-0.25, -0.2) is 4.39 Å². The number of nitrogens with zero attached hydrogens (tertiary/aromatic N) is 3. The first-order valence-corrected chi connectivity index (χ1v) is 9.83. The molecule has 3 nitrogen and oxygen atoms in total. The van der Waals surface area contributed by atoms with Gasteiger partial charge in [-0.3, -0.25) is 4.40 Å². The van der Waals surface area contributed by atoms with E-state index in [4.69, 9.17) is 11.6 Å². The Balaban J connectivity index is 1.69. The topological polar surface area (TPSA) is 30.2 Å². The van der Waals surface area contributed by atoms with Crippen molar-refractivity contribution in [1.82, 2.24) is 14.6 Å². The Labute approximate surface area is 157 Å². The Morgan fingerprint density at radius 3 is 2.72 bits per heavy atom. The van der Waals surface area contributed by atoms with Crippen molar-refractivity contribution in [3.05, 3.63) is 69.8 Å². The predicted molar refractivity (Wildman–Crippen MR) is 102 cm³/mol. The summed E-state index contributed by atoms with van der Waals surface area (Å²) in [6.07, 6.45) is 0. The van der Waals surface area contributed by atoms with Crippen LogP contribution in [0.15, 0.2) is 53.0 Å². The van der Waals surface area contributed by atoms with Gasteiger partial charge in [0.15, 0.2) is 5.16 Å². The molecule has 0 radical (unpaired) electrons. The second-order valence-electron chi connectivity index (χ2n) is 5.58. The summed E-state index contributed by atoms with van der Waals surface area (Å²) in [6, 6.07) is 13.0. The number of halogens is 2. The van der Waals surface area contributed by atoms with Gasteiger partial charge in [0.2, 0.25) is 4.96 Å². The SMILES string of the molecule is Cc1ccc(-c2csc3nnc(SCc4c(F)cccc4Cl)n23)cc1. The van der Waals surface area contributed by atoms with E-state index < -0.39 is 0 Å². The highest BCUT2D eigenvalue weighted by atomic mass is 35.5. The van der Waals surface area contributed by atoms with Crippen LogP contribution in [-0.2, 0) is 5.75 Å². The molecule has 126 valence electrons. The molecule has 0 aliphatic heterocycles. The van der Waals surface area contributed by atoms with E-state index in [1.807, 2.05) is 4.40 Å². The molecule has 0 saturated carbocycles. The summed E-state index contributed by atoms with van der Waals surface area (Å²) >= 11 is 9.08. The summed E-state index contributed by atoms with van der Waals surface area (Å²) in [5.41, 5.74) is 3.83. The third kappa shape index (κ3) is 3.17. The highest BCUT2D eigenvalue weighted by molar-refractivity contribution is 7.98. The molecule has 0 aliphatic carbocycles. The van der Waals surface area contributed by atoms with Crippen molar-refractivity contribution >= 4 is 39.7 Å². The molecule has 2 aromatic heterocycles. The van der Waals surface area contributed by atoms with Crippen molar-refractivity contribution in [2.75, 3.05) is 0 Å². The zero-order chi connectivity index (χ0) is 17.4. The summed E-state index contributed by atoms with van der Waals surface area (Å²) in [4.78, 5) is 0.817. The average molecular weight is 390 g/mol. The average Bonchev–Trinajstić information content (AvgIpc) is 3.18. The van der Waals surface area contributed by atoms with Crippen LogP contribution in [0.1, 0.15) is 11.1 Å². The van der Waals surface area contributed by atoms with Crippen LogP contribution in [0.25, 0.3) is 16.2 Å². The van der Waals surface area contributed by atoms with Crippen molar-refractivity contribution in [2.24, 2.45) is 0 Å². The Morgan fingerprint density at radius 2 is 1.96 bits per heavy atom. The predicted octanol–water partition coefficient (Wildman–Crippen LogP) is 5.85. The van der Waals surface area contributed by atoms with E-state index in [2.05, 4.69) is 46.8 Å². The van der Waals surface area contributed by atoms with E-state index in [-0.39, 0.29) is 5.82 Å². The fraction of sp³-hybridized carbons (Fsp3) is 0.111. The lowest BCUT2D eigenvalue weighted by molar-refractivity contribution is 0.617. The molecular formula is C18H13ClFN3S2. The summed E-state index contributed by atoms with van der Waals surface area (Å²) in [6.45, 7) is 2.06. The standard InChI is InChI=1S/C18H13ClFN3S2/c1-11-5-7-12(8-6-11)16-10-25-18-22-21-17(23(16)18)24-9-13-14(19)3-2-4-15(13)20/h2-8,10H,9H2,1H3. The smallest absolute Gasteiger partial charge is 0.217 e. The van der Waals surface area contributed by atoms with E-state index >= 15 is 0 Å². The van der Waals surface area contributed by atoms with Gasteiger partial charge >= 0.3 is 0 Å². The van der Waals surface area contributed by atoms with Crippen LogP contribution < -0.4 is 0 Å². The van der Waals surface area contributed by atoms with Crippen molar-refractivity contribution in [3.8, 4) is 11.3 Å². The van der Waals surface area contributed by atoms with Crippen molar-refractivity contribution in [2.45, 2.75) is 17.8 Å². The van der Waals surface area contributed by atoms with Crippen LogP contribution in [0.3, 0.4) is 0 Å². The molecule has 2 aromatic carbocycles. The van der Waals surface area contributed by atoms with E-state index in [1.54, 1.807) is 12.1 Å². The van der Waals surface area contributed by atoms with Gasteiger partial charge in [-0.2, -0.15) is 0 Å². The minimum atomic E-state index is -0.301. The van der Waals surface area contributed by atoms with E-state index in [1.165, 1.54) is 34.7 Å². The number of thiazole rings is 1. The first-order valence-electron chi connectivity index (χ1n) is 7.59. The molecule has 0 spiro atoms. The normalized spacial score (nSPS) is 11.3. The molecule has 25 heavy (non-hydrogen) atoms. The van der Waals surface area contributed by atoms with Gasteiger partial charge < -0.3 is 0 Å². The van der Waals surface area contributed by atoms with Crippen LogP contribution >= 0.6 is 34.7 Å². The Hall–Kier alpha value is -1.89. The molecule has 0 amide bonds. The van der Waals surface area contributed by atoms with Gasteiger partial charge in [0, 0.05) is 21.7 Å². The highest BCUT2D eigenvalue weighted by Crippen LogP contribution is 2.33. The van der Waals surface area contributed by atoms with Gasteiger partial charge in [-0.05, 0) is 24.6 Å². The maximum atomic E-state index is 14.0. The Kier molecular flexibility index (Phi) is 4.50. The molecule has 0 aliphatic rings. The number of aryl methyl sites for hydroxylation is 1. The highest BCUT2D eigenvalue weighted by Gasteiger charge is 2.15. The second kappa shape index (κ2) is 6.78. The molecule has 0 atom stereocenters. The molecule has 2 heterocycles. The number of thioether (sulfide) groups is 1. The molecule has 7 heteroatoms. The minimum Gasteiger partial charge on any atom is -0.260 e. The van der Waals surface area contributed by atoms with E-state index in [0.717, 1.165) is 21.4 Å². The van der Waals surface area contributed by atoms with E-state index in [0.29, 0.717) is 16.3 Å². The first kappa shape index (κ1) is 16.6. The molecule has 0 N–H and O–H groups in total. The zero-order valence-electron chi connectivity index (χ0n) is 13.2. The van der Waals surface area contributed by atoms with Gasteiger partial charge in [-0.1, -0.05) is 59.3 Å². The van der Waals surface area contributed by atoms with Gasteiger partial charge in [0.05, 0.1) is 5.69 Å². The van der Waals surface area contributed by atoms with Crippen LogP contribution in [0.2, 0.25) is 5.02 Å². The maximum Gasteiger partial charge on any atom is 0.217 e. The number of fused-ring (bicyclic) bond motifs is 1. The van der Waals surface area contributed by atoms with Gasteiger partial charge in [0.25, 0.3) is 0 Å². The van der Waals surface area contributed by atoms with Gasteiger partial charge in [0.1, 0.15) is 5.82 Å². The fourth-order valence-corrected chi connectivity index (χ4v) is 4.71. The van der Waals surface area contributed by atoms with Crippen molar-refractivity contribution in [1.29, 1.82) is 0 Å². The molecule has 0 unspecified atom stereocenters. The number of benzene rings is 2. The van der Waals surface area contributed by atoms with Crippen molar-refractivity contribution in [3.63, 3.8) is 0 Å². The van der Waals surface area contributed by atoms with Crippen LogP contribution in [0, 0.1) is 12.7 Å².